The number of nitrogens with zero attached hydrogens (tertiary/aromatic N) is 1. The van der Waals surface area contributed by atoms with Crippen molar-refractivity contribution in [1.29, 1.82) is 0 Å². The van der Waals surface area contributed by atoms with E-state index in [4.69, 9.17) is 15.7 Å². The van der Waals surface area contributed by atoms with E-state index in [1.165, 1.54) is 0 Å². The molecular weight excluding hydrogens is 206 g/mol. The van der Waals surface area contributed by atoms with E-state index >= 15 is 0 Å². The summed E-state index contributed by atoms with van der Waals surface area (Å²) in [5.41, 5.74) is 5.62. The Hall–Kier alpha value is -0.810. The van der Waals surface area contributed by atoms with Gasteiger partial charge in [-0.25, -0.2) is 0 Å². The molecule has 5 nitrogen and oxygen atoms in total. The van der Waals surface area contributed by atoms with Crippen LogP contribution in [-0.2, 0) is 4.74 Å². The normalized spacial score (nSPS) is 20.9. The fourth-order valence-corrected chi connectivity index (χ4v) is 1.87. The van der Waals surface area contributed by atoms with Crippen molar-refractivity contribution in [2.24, 2.45) is 10.9 Å². The topological polar surface area (TPSA) is 79.9 Å². The van der Waals surface area contributed by atoms with Crippen LogP contribution in [0.15, 0.2) is 5.16 Å². The van der Waals surface area contributed by atoms with Crippen LogP contribution in [0.4, 0.5) is 0 Å². The van der Waals surface area contributed by atoms with E-state index in [2.05, 4.69) is 17.4 Å². The maximum Gasteiger partial charge on any atom is 0.139 e. The van der Waals surface area contributed by atoms with E-state index in [0.29, 0.717) is 12.3 Å². The lowest BCUT2D eigenvalue weighted by atomic mass is 9.92. The van der Waals surface area contributed by atoms with E-state index in [0.717, 1.165) is 45.4 Å². The van der Waals surface area contributed by atoms with E-state index in [1.807, 2.05) is 0 Å². The van der Waals surface area contributed by atoms with Gasteiger partial charge in [0.1, 0.15) is 5.84 Å². The van der Waals surface area contributed by atoms with Crippen molar-refractivity contribution in [2.75, 3.05) is 19.8 Å². The third-order valence-corrected chi connectivity index (χ3v) is 3.14. The number of hydrogen-bond acceptors (Lipinski definition) is 4. The third kappa shape index (κ3) is 4.81. The van der Waals surface area contributed by atoms with Crippen LogP contribution in [0.3, 0.4) is 0 Å². The van der Waals surface area contributed by atoms with Crippen LogP contribution in [0.2, 0.25) is 0 Å². The molecule has 0 aromatic heterocycles. The molecule has 1 fully saturated rings. The summed E-state index contributed by atoms with van der Waals surface area (Å²) in [5.74, 6) is 0.317. The molecule has 1 aliphatic rings. The van der Waals surface area contributed by atoms with Gasteiger partial charge in [-0.1, -0.05) is 5.16 Å². The maximum absolute atomic E-state index is 8.37. The number of hydrogen-bond donors (Lipinski definition) is 3. The van der Waals surface area contributed by atoms with E-state index in [9.17, 15) is 0 Å². The summed E-state index contributed by atoms with van der Waals surface area (Å²) in [6.45, 7) is 4.94. The van der Waals surface area contributed by atoms with Crippen molar-refractivity contribution in [1.82, 2.24) is 5.32 Å². The predicted molar refractivity (Wildman–Crippen MR) is 63.7 cm³/mol. The number of oxime groups is 1. The lowest BCUT2D eigenvalue weighted by molar-refractivity contribution is 0.0453. The lowest BCUT2D eigenvalue weighted by Gasteiger charge is -2.34. The van der Waals surface area contributed by atoms with Crippen molar-refractivity contribution in [3.63, 3.8) is 0 Å². The fraction of sp³-hybridized carbons (Fsp3) is 0.909. The van der Waals surface area contributed by atoms with Gasteiger partial charge in [-0.3, -0.25) is 0 Å². The smallest absolute Gasteiger partial charge is 0.139 e. The first-order chi connectivity index (χ1) is 7.66. The highest BCUT2D eigenvalue weighted by Gasteiger charge is 2.25. The van der Waals surface area contributed by atoms with Gasteiger partial charge in [-0.05, 0) is 39.2 Å². The molecule has 0 aliphatic carbocycles. The lowest BCUT2D eigenvalue weighted by Crippen LogP contribution is -2.47. The third-order valence-electron chi connectivity index (χ3n) is 3.14. The van der Waals surface area contributed by atoms with Crippen LogP contribution in [-0.4, -0.2) is 36.3 Å². The van der Waals surface area contributed by atoms with Crippen molar-refractivity contribution < 1.29 is 9.94 Å². The van der Waals surface area contributed by atoms with Gasteiger partial charge in [0.15, 0.2) is 0 Å². The molecule has 0 radical (unpaired) electrons. The van der Waals surface area contributed by atoms with E-state index in [-0.39, 0.29) is 5.54 Å². The standard InChI is InChI=1S/C11H23N3O2/c1-11(5-8-16-9-6-11)13-7-3-2-4-10(12)14-15/h13,15H,2-9H2,1H3,(H2,12,14). The maximum atomic E-state index is 8.37. The number of ether oxygens (including phenoxy) is 1. The van der Waals surface area contributed by atoms with E-state index < -0.39 is 0 Å². The second-order valence-corrected chi connectivity index (χ2v) is 4.65. The molecule has 0 bridgehead atoms. The molecule has 4 N–H and O–H groups in total. The first-order valence-electron chi connectivity index (χ1n) is 5.95. The van der Waals surface area contributed by atoms with E-state index in [1.54, 1.807) is 0 Å². The van der Waals surface area contributed by atoms with Gasteiger partial charge in [0, 0.05) is 25.2 Å². The van der Waals surface area contributed by atoms with Gasteiger partial charge in [-0.15, -0.1) is 0 Å². The Morgan fingerprint density at radius 3 is 2.75 bits per heavy atom. The molecule has 0 atom stereocenters. The second-order valence-electron chi connectivity index (χ2n) is 4.65. The quantitative estimate of drug-likeness (QED) is 0.209. The minimum atomic E-state index is 0.231. The first-order valence-corrected chi connectivity index (χ1v) is 5.95. The molecule has 0 saturated carbocycles. The summed E-state index contributed by atoms with van der Waals surface area (Å²) in [5, 5.41) is 14.9. The molecule has 0 spiro atoms. The van der Waals surface area contributed by atoms with Gasteiger partial charge in [0.05, 0.1) is 0 Å². The minimum absolute atomic E-state index is 0.231. The largest absolute Gasteiger partial charge is 0.409 e. The van der Waals surface area contributed by atoms with Crippen LogP contribution in [0.25, 0.3) is 0 Å². The highest BCUT2D eigenvalue weighted by molar-refractivity contribution is 5.79. The number of rotatable bonds is 6. The average molecular weight is 229 g/mol. The molecule has 16 heavy (non-hydrogen) atoms. The second kappa shape index (κ2) is 6.70. The number of nitrogens with one attached hydrogen (secondary N) is 1. The molecule has 0 aromatic carbocycles. The van der Waals surface area contributed by atoms with Crippen LogP contribution in [0, 0.1) is 0 Å². The first kappa shape index (κ1) is 13.3. The zero-order valence-corrected chi connectivity index (χ0v) is 10.0. The predicted octanol–water partition coefficient (Wildman–Crippen LogP) is 1.06. The fourth-order valence-electron chi connectivity index (χ4n) is 1.87. The summed E-state index contributed by atoms with van der Waals surface area (Å²) in [6.07, 6.45) is 4.82. The summed E-state index contributed by atoms with van der Waals surface area (Å²) in [6, 6.07) is 0. The van der Waals surface area contributed by atoms with Gasteiger partial charge >= 0.3 is 0 Å². The van der Waals surface area contributed by atoms with Gasteiger partial charge in [-0.2, -0.15) is 0 Å². The Kier molecular flexibility index (Phi) is 5.55. The number of amidine groups is 1. The molecule has 0 aromatic rings. The van der Waals surface area contributed by atoms with Gasteiger partial charge < -0.3 is 21.0 Å². The summed E-state index contributed by atoms with van der Waals surface area (Å²) >= 11 is 0. The van der Waals surface area contributed by atoms with Crippen LogP contribution >= 0.6 is 0 Å². The zero-order chi connectivity index (χ0) is 11.9. The van der Waals surface area contributed by atoms with Crippen LogP contribution in [0.5, 0.6) is 0 Å². The highest BCUT2D eigenvalue weighted by atomic mass is 16.5. The summed E-state index contributed by atoms with van der Waals surface area (Å²) in [7, 11) is 0. The molecule has 94 valence electrons. The molecular formula is C11H23N3O2. The Morgan fingerprint density at radius 2 is 2.12 bits per heavy atom. The Labute approximate surface area is 97.0 Å². The molecule has 0 unspecified atom stereocenters. The molecule has 1 rings (SSSR count). The monoisotopic (exact) mass is 229 g/mol. The van der Waals surface area contributed by atoms with Crippen LogP contribution < -0.4 is 11.1 Å². The zero-order valence-electron chi connectivity index (χ0n) is 10.0. The molecule has 1 saturated heterocycles. The van der Waals surface area contributed by atoms with Crippen molar-refractivity contribution in [3.05, 3.63) is 0 Å². The molecule has 5 heteroatoms. The SMILES string of the molecule is CC1(NCCCCC(N)=NO)CCOCC1. The molecule has 1 heterocycles. The van der Waals surface area contributed by atoms with Crippen LogP contribution in [0.1, 0.15) is 39.0 Å². The Morgan fingerprint density at radius 1 is 1.44 bits per heavy atom. The van der Waals surface area contributed by atoms with Gasteiger partial charge in [0.25, 0.3) is 0 Å². The Balaban J connectivity index is 2.06. The van der Waals surface area contributed by atoms with Crippen molar-refractivity contribution in [2.45, 2.75) is 44.6 Å². The Bertz CT molecular complexity index is 225. The number of nitrogens with two attached hydrogens (primary N) is 1. The molecule has 1 aliphatic heterocycles. The number of unbranched alkanes of at least 4 members (excludes halogenated alkanes) is 1. The highest BCUT2D eigenvalue weighted by Crippen LogP contribution is 2.19. The average Bonchev–Trinajstić information content (AvgIpc) is 2.29. The molecule has 0 amide bonds. The van der Waals surface area contributed by atoms with Crippen molar-refractivity contribution >= 4 is 5.84 Å². The minimum Gasteiger partial charge on any atom is -0.409 e. The summed E-state index contributed by atoms with van der Waals surface area (Å²) < 4.78 is 5.34. The summed E-state index contributed by atoms with van der Waals surface area (Å²) in [4.78, 5) is 0. The van der Waals surface area contributed by atoms with Gasteiger partial charge in [0.2, 0.25) is 0 Å². The van der Waals surface area contributed by atoms with Crippen molar-refractivity contribution in [3.8, 4) is 0 Å².